The molecule has 6 heteroatoms. The van der Waals surface area contributed by atoms with Crippen LogP contribution in [0, 0.1) is 0 Å². The SMILES string of the molecule is CCCCCCCCCCCCCCCCCCCCOC(=O)[C@H](CCC(=O)O)NC(=O)CCCCCCCCCCCCCCC. The predicted octanol–water partition coefficient (Wildman–Crippen LogP) is 12.4. The molecule has 1 atom stereocenters. The van der Waals surface area contributed by atoms with Crippen molar-refractivity contribution in [3.05, 3.63) is 0 Å². The monoisotopic (exact) mass is 666 g/mol. The van der Waals surface area contributed by atoms with Gasteiger partial charge in [0.2, 0.25) is 5.91 Å². The van der Waals surface area contributed by atoms with E-state index >= 15 is 0 Å². The quantitative estimate of drug-likeness (QED) is 0.0506. The second kappa shape index (κ2) is 37.2. The second-order valence-corrected chi connectivity index (χ2v) is 14.2. The van der Waals surface area contributed by atoms with E-state index in [0.29, 0.717) is 13.0 Å². The first-order valence-electron chi connectivity index (χ1n) is 20.7. The van der Waals surface area contributed by atoms with Gasteiger partial charge in [-0.25, -0.2) is 4.79 Å². The Hall–Kier alpha value is -1.59. The zero-order valence-corrected chi connectivity index (χ0v) is 31.4. The summed E-state index contributed by atoms with van der Waals surface area (Å²) in [5.74, 6) is -1.66. The lowest BCUT2D eigenvalue weighted by Gasteiger charge is -2.17. The number of carboxylic acid groups (broad SMARTS) is 1. The lowest BCUT2D eigenvalue weighted by Crippen LogP contribution is -2.42. The van der Waals surface area contributed by atoms with Crippen LogP contribution in [0.3, 0.4) is 0 Å². The van der Waals surface area contributed by atoms with E-state index in [1.807, 2.05) is 0 Å². The number of rotatable bonds is 38. The highest BCUT2D eigenvalue weighted by molar-refractivity contribution is 5.84. The van der Waals surface area contributed by atoms with Crippen LogP contribution in [-0.4, -0.2) is 35.6 Å². The first kappa shape index (κ1) is 45.4. The zero-order chi connectivity index (χ0) is 34.5. The van der Waals surface area contributed by atoms with Crippen LogP contribution in [-0.2, 0) is 19.1 Å². The normalized spacial score (nSPS) is 11.9. The van der Waals surface area contributed by atoms with Crippen molar-refractivity contribution in [2.75, 3.05) is 6.61 Å². The smallest absolute Gasteiger partial charge is 0.328 e. The molecule has 0 saturated carbocycles. The van der Waals surface area contributed by atoms with Gasteiger partial charge < -0.3 is 15.2 Å². The molecule has 0 aliphatic carbocycles. The number of unbranched alkanes of at least 4 members (excludes halogenated alkanes) is 29. The van der Waals surface area contributed by atoms with Gasteiger partial charge in [-0.05, 0) is 19.3 Å². The minimum absolute atomic E-state index is 0.0671. The van der Waals surface area contributed by atoms with E-state index in [1.54, 1.807) is 0 Å². The van der Waals surface area contributed by atoms with Crippen molar-refractivity contribution in [1.82, 2.24) is 5.32 Å². The van der Waals surface area contributed by atoms with Crippen molar-refractivity contribution in [3.8, 4) is 0 Å². The standard InChI is InChI=1S/C41H79NO5/c1-3-5-7-9-11-13-15-17-18-19-20-21-23-25-27-29-31-33-37-47-41(46)38(35-36-40(44)45)42-39(43)34-32-30-28-26-24-22-16-14-12-10-8-6-4-2/h38H,3-37H2,1-2H3,(H,42,43)(H,44,45)/t38-/m0/s1. The molecule has 0 radical (unpaired) electrons. The second-order valence-electron chi connectivity index (χ2n) is 14.2. The third-order valence-corrected chi connectivity index (χ3v) is 9.52. The number of carbonyl (C=O) groups is 3. The molecule has 6 nitrogen and oxygen atoms in total. The molecule has 0 fully saturated rings. The van der Waals surface area contributed by atoms with Gasteiger partial charge in [0.05, 0.1) is 6.61 Å². The van der Waals surface area contributed by atoms with E-state index in [4.69, 9.17) is 9.84 Å². The van der Waals surface area contributed by atoms with E-state index in [2.05, 4.69) is 19.2 Å². The summed E-state index contributed by atoms with van der Waals surface area (Å²) >= 11 is 0. The predicted molar refractivity (Wildman–Crippen MR) is 199 cm³/mol. The molecule has 0 unspecified atom stereocenters. The minimum Gasteiger partial charge on any atom is -0.481 e. The highest BCUT2D eigenvalue weighted by atomic mass is 16.5. The van der Waals surface area contributed by atoms with E-state index in [9.17, 15) is 14.4 Å². The number of nitrogens with one attached hydrogen (secondary N) is 1. The van der Waals surface area contributed by atoms with Crippen molar-refractivity contribution in [2.24, 2.45) is 0 Å². The summed E-state index contributed by atoms with van der Waals surface area (Å²) in [7, 11) is 0. The molecule has 0 aliphatic rings. The zero-order valence-electron chi connectivity index (χ0n) is 31.4. The Balaban J connectivity index is 3.77. The number of aliphatic carboxylic acids is 1. The Morgan fingerprint density at radius 2 is 0.787 bits per heavy atom. The van der Waals surface area contributed by atoms with Crippen molar-refractivity contribution in [1.29, 1.82) is 0 Å². The topological polar surface area (TPSA) is 92.7 Å². The Morgan fingerprint density at radius 1 is 0.468 bits per heavy atom. The van der Waals surface area contributed by atoms with Crippen LogP contribution in [0.1, 0.15) is 232 Å². The number of carbonyl (C=O) groups excluding carboxylic acids is 2. The summed E-state index contributed by atoms with van der Waals surface area (Å²) in [6, 6.07) is -0.879. The van der Waals surface area contributed by atoms with Crippen LogP contribution >= 0.6 is 0 Å². The summed E-state index contributed by atoms with van der Waals surface area (Å²) in [6.45, 7) is 4.86. The van der Waals surface area contributed by atoms with Gasteiger partial charge in [-0.15, -0.1) is 0 Å². The molecule has 2 N–H and O–H groups in total. The molecule has 278 valence electrons. The summed E-state index contributed by atoms with van der Waals surface area (Å²) in [5, 5.41) is 11.8. The van der Waals surface area contributed by atoms with Crippen LogP contribution in [0.2, 0.25) is 0 Å². The van der Waals surface area contributed by atoms with Crippen LogP contribution in [0.15, 0.2) is 0 Å². The molecule has 0 aliphatic heterocycles. The van der Waals surface area contributed by atoms with Gasteiger partial charge >= 0.3 is 11.9 Å². The van der Waals surface area contributed by atoms with E-state index < -0.39 is 18.0 Å². The van der Waals surface area contributed by atoms with Gasteiger partial charge in [0.1, 0.15) is 6.04 Å². The van der Waals surface area contributed by atoms with Gasteiger partial charge in [0.25, 0.3) is 0 Å². The molecule has 0 aromatic carbocycles. The Bertz CT molecular complexity index is 697. The van der Waals surface area contributed by atoms with Crippen molar-refractivity contribution in [2.45, 2.75) is 238 Å². The van der Waals surface area contributed by atoms with Gasteiger partial charge in [-0.2, -0.15) is 0 Å². The summed E-state index contributed by atoms with van der Waals surface area (Å²) in [5.41, 5.74) is 0. The lowest BCUT2D eigenvalue weighted by atomic mass is 10.0. The fourth-order valence-corrected chi connectivity index (χ4v) is 6.36. The molecular weight excluding hydrogens is 586 g/mol. The molecule has 0 aromatic heterocycles. The van der Waals surface area contributed by atoms with Gasteiger partial charge in [-0.1, -0.05) is 200 Å². The maximum atomic E-state index is 12.6. The van der Waals surface area contributed by atoms with Gasteiger partial charge in [0, 0.05) is 12.8 Å². The molecule has 0 rings (SSSR count). The van der Waals surface area contributed by atoms with Gasteiger partial charge in [-0.3, -0.25) is 9.59 Å². The van der Waals surface area contributed by atoms with Crippen molar-refractivity contribution in [3.63, 3.8) is 0 Å². The highest BCUT2D eigenvalue weighted by Gasteiger charge is 2.23. The Morgan fingerprint density at radius 3 is 1.13 bits per heavy atom. The number of esters is 1. The van der Waals surface area contributed by atoms with Crippen LogP contribution in [0.4, 0.5) is 0 Å². The average molecular weight is 666 g/mol. The molecule has 0 bridgehead atoms. The Kier molecular flexibility index (Phi) is 36.0. The molecule has 0 saturated heterocycles. The number of ether oxygens (including phenoxy) is 1. The minimum atomic E-state index is -0.975. The van der Waals surface area contributed by atoms with Crippen LogP contribution in [0.25, 0.3) is 0 Å². The summed E-state index contributed by atoms with van der Waals surface area (Å²) in [6.07, 6.45) is 40.0. The maximum absolute atomic E-state index is 12.6. The number of hydrogen-bond donors (Lipinski definition) is 2. The van der Waals surface area contributed by atoms with Crippen molar-refractivity contribution < 1.29 is 24.2 Å². The third kappa shape index (κ3) is 35.5. The molecular formula is C41H79NO5. The molecule has 0 aromatic rings. The average Bonchev–Trinajstić information content (AvgIpc) is 3.06. The molecule has 0 spiro atoms. The maximum Gasteiger partial charge on any atom is 0.328 e. The fraction of sp³-hybridized carbons (Fsp3) is 0.927. The number of carboxylic acids is 1. The first-order valence-corrected chi connectivity index (χ1v) is 20.7. The molecule has 47 heavy (non-hydrogen) atoms. The fourth-order valence-electron chi connectivity index (χ4n) is 6.36. The van der Waals surface area contributed by atoms with Gasteiger partial charge in [0.15, 0.2) is 0 Å². The molecule has 0 heterocycles. The van der Waals surface area contributed by atoms with Crippen LogP contribution < -0.4 is 5.32 Å². The first-order chi connectivity index (χ1) is 23.0. The third-order valence-electron chi connectivity index (χ3n) is 9.52. The van der Waals surface area contributed by atoms with E-state index in [0.717, 1.165) is 38.5 Å². The van der Waals surface area contributed by atoms with E-state index in [-0.39, 0.29) is 18.7 Å². The van der Waals surface area contributed by atoms with E-state index in [1.165, 1.54) is 161 Å². The van der Waals surface area contributed by atoms with Crippen molar-refractivity contribution >= 4 is 17.8 Å². The summed E-state index contributed by atoms with van der Waals surface area (Å²) in [4.78, 5) is 36.2. The molecule has 1 amide bonds. The largest absolute Gasteiger partial charge is 0.481 e. The number of hydrogen-bond acceptors (Lipinski definition) is 4. The highest BCUT2D eigenvalue weighted by Crippen LogP contribution is 2.15. The van der Waals surface area contributed by atoms with Crippen LogP contribution in [0.5, 0.6) is 0 Å². The Labute approximate surface area is 291 Å². The number of amides is 1. The lowest BCUT2D eigenvalue weighted by molar-refractivity contribution is -0.148. The summed E-state index contributed by atoms with van der Waals surface area (Å²) < 4.78 is 5.44.